The number of nitriles is 1. The molecule has 36 heavy (non-hydrogen) atoms. The molecule has 0 bridgehead atoms. The van der Waals surface area contributed by atoms with Crippen molar-refractivity contribution in [3.8, 4) is 11.8 Å². The second kappa shape index (κ2) is 11.5. The Hall–Kier alpha value is -3.43. The monoisotopic (exact) mass is 482 g/mol. The number of likely N-dealkylation sites (tertiary alicyclic amines) is 1. The second-order valence-electron chi connectivity index (χ2n) is 10.1. The molecular weight excluding hydrogens is 448 g/mol. The van der Waals surface area contributed by atoms with Gasteiger partial charge in [-0.2, -0.15) is 5.26 Å². The lowest BCUT2D eigenvalue weighted by Crippen LogP contribution is -2.40. The zero-order valence-corrected chi connectivity index (χ0v) is 20.7. The maximum Gasteiger partial charge on any atom is 0.252 e. The van der Waals surface area contributed by atoms with Crippen molar-refractivity contribution in [2.24, 2.45) is 5.92 Å². The lowest BCUT2D eigenvalue weighted by molar-refractivity contribution is 0.0898. The van der Waals surface area contributed by atoms with Crippen LogP contribution in [0.2, 0.25) is 0 Å². The number of hydrogen-bond acceptors (Lipinski definition) is 5. The van der Waals surface area contributed by atoms with Crippen molar-refractivity contribution < 1.29 is 9.53 Å². The van der Waals surface area contributed by atoms with E-state index in [4.69, 9.17) is 4.74 Å². The third-order valence-electron chi connectivity index (χ3n) is 7.76. The van der Waals surface area contributed by atoms with Gasteiger partial charge in [-0.3, -0.25) is 9.78 Å². The Labute approximate surface area is 213 Å². The number of pyridine rings is 1. The number of fused-ring (bicyclic) bond motifs is 1. The number of ether oxygens (including phenoxy) is 1. The Bertz CT molecular complexity index is 1220. The van der Waals surface area contributed by atoms with Gasteiger partial charge in [-0.25, -0.2) is 0 Å². The van der Waals surface area contributed by atoms with E-state index >= 15 is 0 Å². The van der Waals surface area contributed by atoms with Gasteiger partial charge in [0.1, 0.15) is 17.9 Å². The van der Waals surface area contributed by atoms with E-state index in [2.05, 4.69) is 21.3 Å². The molecule has 1 N–H and O–H groups in total. The van der Waals surface area contributed by atoms with Gasteiger partial charge >= 0.3 is 0 Å². The molecule has 6 nitrogen and oxygen atoms in total. The van der Waals surface area contributed by atoms with Crippen LogP contribution in [0.5, 0.6) is 5.75 Å². The van der Waals surface area contributed by atoms with Gasteiger partial charge in [-0.15, -0.1) is 0 Å². The molecule has 186 valence electrons. The van der Waals surface area contributed by atoms with Crippen LogP contribution in [0.25, 0.3) is 10.9 Å². The predicted octanol–water partition coefficient (Wildman–Crippen LogP) is 5.33. The predicted molar refractivity (Wildman–Crippen MR) is 141 cm³/mol. The first-order valence-corrected chi connectivity index (χ1v) is 13.2. The lowest BCUT2D eigenvalue weighted by Gasteiger charge is -2.34. The number of aromatic nitrogens is 1. The Morgan fingerprint density at radius 1 is 1.00 bits per heavy atom. The first kappa shape index (κ1) is 24.3. The maximum absolute atomic E-state index is 12.9. The highest BCUT2D eigenvalue weighted by Crippen LogP contribution is 2.29. The third-order valence-corrected chi connectivity index (χ3v) is 7.76. The van der Waals surface area contributed by atoms with E-state index in [-0.39, 0.29) is 18.1 Å². The summed E-state index contributed by atoms with van der Waals surface area (Å²) in [6, 6.07) is 19.6. The highest BCUT2D eigenvalue weighted by atomic mass is 16.5. The number of nitrogens with zero attached hydrogens (tertiary/aromatic N) is 3. The fourth-order valence-electron chi connectivity index (χ4n) is 5.61. The molecule has 6 heteroatoms. The molecule has 1 aliphatic heterocycles. The van der Waals surface area contributed by atoms with Crippen molar-refractivity contribution in [3.63, 3.8) is 0 Å². The molecule has 1 aromatic heterocycles. The van der Waals surface area contributed by atoms with Crippen molar-refractivity contribution in [1.82, 2.24) is 15.2 Å². The highest BCUT2D eigenvalue weighted by molar-refractivity contribution is 6.06. The molecule has 1 saturated carbocycles. The molecule has 1 saturated heterocycles. The molecule has 2 aromatic carbocycles. The Morgan fingerprint density at radius 3 is 2.56 bits per heavy atom. The molecule has 0 spiro atoms. The molecule has 2 heterocycles. The third kappa shape index (κ3) is 5.85. The number of hydrogen-bond donors (Lipinski definition) is 1. The molecule has 1 aliphatic carbocycles. The van der Waals surface area contributed by atoms with Gasteiger partial charge in [0.2, 0.25) is 0 Å². The summed E-state index contributed by atoms with van der Waals surface area (Å²) in [5, 5.41) is 13.5. The van der Waals surface area contributed by atoms with E-state index < -0.39 is 0 Å². The summed E-state index contributed by atoms with van der Waals surface area (Å²) in [5.41, 5.74) is 2.18. The number of para-hydroxylation sites is 2. The van der Waals surface area contributed by atoms with Crippen LogP contribution in [0.1, 0.15) is 60.9 Å². The summed E-state index contributed by atoms with van der Waals surface area (Å²) >= 11 is 0. The van der Waals surface area contributed by atoms with Crippen LogP contribution in [0.15, 0.2) is 60.8 Å². The van der Waals surface area contributed by atoms with E-state index in [0.717, 1.165) is 62.1 Å². The van der Waals surface area contributed by atoms with Gasteiger partial charge < -0.3 is 15.0 Å². The maximum atomic E-state index is 12.9. The van der Waals surface area contributed by atoms with Gasteiger partial charge in [-0.05, 0) is 81.7 Å². The van der Waals surface area contributed by atoms with E-state index in [1.807, 2.05) is 54.6 Å². The van der Waals surface area contributed by atoms with Gasteiger partial charge in [0.25, 0.3) is 5.91 Å². The second-order valence-corrected chi connectivity index (χ2v) is 10.1. The van der Waals surface area contributed by atoms with Gasteiger partial charge in [0.05, 0.1) is 16.6 Å². The van der Waals surface area contributed by atoms with Crippen LogP contribution in [0.4, 0.5) is 0 Å². The van der Waals surface area contributed by atoms with E-state index in [0.29, 0.717) is 16.9 Å². The molecule has 5 rings (SSSR count). The minimum absolute atomic E-state index is 0.0135. The number of piperidine rings is 1. The minimum atomic E-state index is 0.0135. The van der Waals surface area contributed by atoms with Crippen LogP contribution in [-0.2, 0) is 0 Å². The Kier molecular flexibility index (Phi) is 7.78. The number of carbonyl (C=O) groups is 1. The first-order chi connectivity index (χ1) is 17.7. The highest BCUT2D eigenvalue weighted by Gasteiger charge is 2.25. The quantitative estimate of drug-likeness (QED) is 0.493. The van der Waals surface area contributed by atoms with Crippen LogP contribution in [-0.4, -0.2) is 47.6 Å². The van der Waals surface area contributed by atoms with Gasteiger partial charge in [0.15, 0.2) is 0 Å². The first-order valence-electron chi connectivity index (χ1n) is 13.2. The van der Waals surface area contributed by atoms with E-state index in [1.54, 1.807) is 6.20 Å². The van der Waals surface area contributed by atoms with Crippen molar-refractivity contribution in [3.05, 3.63) is 71.9 Å². The molecule has 0 atom stereocenters. The van der Waals surface area contributed by atoms with Crippen LogP contribution < -0.4 is 10.1 Å². The SMILES string of the molecule is N#Cc1ccccc1OC1CCN(CCC2CCC(NC(=O)c3ccnc4ccccc34)CC2)CC1. The summed E-state index contributed by atoms with van der Waals surface area (Å²) in [6.07, 6.45) is 9.57. The fourth-order valence-corrected chi connectivity index (χ4v) is 5.61. The molecule has 2 fully saturated rings. The fraction of sp³-hybridized carbons (Fsp3) is 0.433. The smallest absolute Gasteiger partial charge is 0.252 e. The number of nitrogens with one attached hydrogen (secondary N) is 1. The average molecular weight is 483 g/mol. The van der Waals surface area contributed by atoms with E-state index in [1.165, 1.54) is 19.3 Å². The van der Waals surface area contributed by atoms with Gasteiger partial charge in [-0.1, -0.05) is 30.3 Å². The molecule has 3 aromatic rings. The molecule has 0 radical (unpaired) electrons. The number of carbonyl (C=O) groups excluding carboxylic acids is 1. The standard InChI is InChI=1S/C30H34N4O2/c31-21-23-5-1-4-8-29(23)36-25-15-19-34(20-16-25)18-14-22-9-11-24(12-10-22)33-30(35)27-13-17-32-28-7-3-2-6-26(27)28/h1-8,13,17,22,24-25H,9-12,14-16,18-20H2,(H,33,35). The van der Waals surface area contributed by atoms with Gasteiger partial charge in [0, 0.05) is 30.7 Å². The van der Waals surface area contributed by atoms with E-state index in [9.17, 15) is 10.1 Å². The summed E-state index contributed by atoms with van der Waals surface area (Å²) in [4.78, 5) is 19.9. The average Bonchev–Trinajstić information content (AvgIpc) is 2.93. The summed E-state index contributed by atoms with van der Waals surface area (Å²) < 4.78 is 6.13. The summed E-state index contributed by atoms with van der Waals surface area (Å²) in [7, 11) is 0. The lowest BCUT2D eigenvalue weighted by atomic mass is 9.83. The van der Waals surface area contributed by atoms with Crippen molar-refractivity contribution in [2.45, 2.75) is 57.1 Å². The molecule has 1 amide bonds. The van der Waals surface area contributed by atoms with Crippen LogP contribution in [0, 0.1) is 17.2 Å². The number of amides is 1. The number of benzene rings is 2. The summed E-state index contributed by atoms with van der Waals surface area (Å²) in [6.45, 7) is 3.22. The van der Waals surface area contributed by atoms with Crippen molar-refractivity contribution in [1.29, 1.82) is 5.26 Å². The Balaban J connectivity index is 1.02. The largest absolute Gasteiger partial charge is 0.489 e. The van der Waals surface area contributed by atoms with Crippen molar-refractivity contribution in [2.75, 3.05) is 19.6 Å². The number of rotatable bonds is 7. The molecule has 2 aliphatic rings. The summed E-state index contributed by atoms with van der Waals surface area (Å²) in [5.74, 6) is 1.45. The zero-order chi connectivity index (χ0) is 24.7. The van der Waals surface area contributed by atoms with Crippen LogP contribution in [0.3, 0.4) is 0 Å². The molecule has 0 unspecified atom stereocenters. The topological polar surface area (TPSA) is 78.2 Å². The molecular formula is C30H34N4O2. The van der Waals surface area contributed by atoms with Crippen LogP contribution >= 0.6 is 0 Å². The Morgan fingerprint density at radius 2 is 1.75 bits per heavy atom. The normalized spacial score (nSPS) is 21.1. The minimum Gasteiger partial charge on any atom is -0.489 e. The zero-order valence-electron chi connectivity index (χ0n) is 20.7. The van der Waals surface area contributed by atoms with Crippen molar-refractivity contribution >= 4 is 16.8 Å².